The molecule has 1 amide bonds. The van der Waals surface area contributed by atoms with E-state index in [1.54, 1.807) is 7.11 Å². The van der Waals surface area contributed by atoms with Crippen LogP contribution >= 0.6 is 0 Å². The molecule has 0 bridgehead atoms. The summed E-state index contributed by atoms with van der Waals surface area (Å²) in [4.78, 5) is 17.6. The van der Waals surface area contributed by atoms with Crippen LogP contribution in [0.3, 0.4) is 0 Å². The summed E-state index contributed by atoms with van der Waals surface area (Å²) in [6.07, 6.45) is 3.88. The minimum Gasteiger partial charge on any atom is -0.497 e. The van der Waals surface area contributed by atoms with Gasteiger partial charge in [0.2, 0.25) is 5.91 Å². The smallest absolute Gasteiger partial charge is 0.220 e. The zero-order valence-corrected chi connectivity index (χ0v) is 18.8. The van der Waals surface area contributed by atoms with Crippen molar-refractivity contribution in [3.8, 4) is 5.75 Å². The number of hydrogen-bond donors (Lipinski definition) is 1. The van der Waals surface area contributed by atoms with Crippen LogP contribution < -0.4 is 15.0 Å². The fourth-order valence-electron chi connectivity index (χ4n) is 4.98. The number of methoxy groups -OCH3 is 1. The van der Waals surface area contributed by atoms with Crippen molar-refractivity contribution in [1.82, 2.24) is 10.2 Å². The van der Waals surface area contributed by atoms with Crippen LogP contribution in [0.5, 0.6) is 5.75 Å². The number of amides is 1. The van der Waals surface area contributed by atoms with Gasteiger partial charge >= 0.3 is 0 Å². The summed E-state index contributed by atoms with van der Waals surface area (Å²) in [5.74, 6) is 1.40. The van der Waals surface area contributed by atoms with E-state index in [9.17, 15) is 4.79 Å². The summed E-state index contributed by atoms with van der Waals surface area (Å²) in [5, 5.41) is 3.20. The van der Waals surface area contributed by atoms with Crippen molar-refractivity contribution in [1.29, 1.82) is 0 Å². The van der Waals surface area contributed by atoms with Gasteiger partial charge in [-0.25, -0.2) is 0 Å². The topological polar surface area (TPSA) is 44.8 Å². The van der Waals surface area contributed by atoms with Crippen molar-refractivity contribution < 1.29 is 9.53 Å². The van der Waals surface area contributed by atoms with Gasteiger partial charge in [-0.15, -0.1) is 0 Å². The lowest BCUT2D eigenvalue weighted by atomic mass is 9.81. The molecule has 5 nitrogen and oxygen atoms in total. The Morgan fingerprint density at radius 3 is 2.65 bits per heavy atom. The fraction of sp³-hybridized carbons (Fsp3) is 0.500. The monoisotopic (exact) mass is 421 g/mol. The molecule has 5 heteroatoms. The predicted octanol–water partition coefficient (Wildman–Crippen LogP) is 3.83. The molecular formula is C26H35N3O2. The molecule has 4 rings (SSSR count). The van der Waals surface area contributed by atoms with Crippen molar-refractivity contribution in [2.75, 3.05) is 44.7 Å². The number of carbonyl (C=O) groups is 1. The number of aryl methyl sites for hydroxylation is 1. The number of rotatable bonds is 7. The SMILES string of the molecule is COc1ccc2c(c1)CCCC2CC(=O)NCC(C)N1CCN(c2ccccc2)CC1. The quantitative estimate of drug-likeness (QED) is 0.738. The molecule has 0 radical (unpaired) electrons. The van der Waals surface area contributed by atoms with Crippen molar-refractivity contribution in [2.24, 2.45) is 0 Å². The minimum atomic E-state index is 0.170. The Morgan fingerprint density at radius 2 is 1.90 bits per heavy atom. The Bertz CT molecular complexity index is 862. The number of anilines is 1. The maximum absolute atomic E-state index is 12.7. The fourth-order valence-corrected chi connectivity index (χ4v) is 4.98. The van der Waals surface area contributed by atoms with Gasteiger partial charge in [-0.2, -0.15) is 0 Å². The number of nitrogens with zero attached hydrogens (tertiary/aromatic N) is 2. The summed E-state index contributed by atoms with van der Waals surface area (Å²) in [6.45, 7) is 7.07. The molecule has 2 aromatic rings. The van der Waals surface area contributed by atoms with Crippen LogP contribution in [0.1, 0.15) is 43.2 Å². The maximum Gasteiger partial charge on any atom is 0.220 e. The average Bonchev–Trinajstić information content (AvgIpc) is 2.83. The summed E-state index contributed by atoms with van der Waals surface area (Å²) in [5.41, 5.74) is 3.97. The van der Waals surface area contributed by atoms with E-state index in [1.165, 1.54) is 16.8 Å². The van der Waals surface area contributed by atoms with E-state index in [2.05, 4.69) is 64.5 Å². The van der Waals surface area contributed by atoms with Gasteiger partial charge < -0.3 is 15.0 Å². The summed E-state index contributed by atoms with van der Waals surface area (Å²) in [7, 11) is 1.71. The Hall–Kier alpha value is -2.53. The first-order valence-electron chi connectivity index (χ1n) is 11.6. The van der Waals surface area contributed by atoms with Gasteiger partial charge in [0.25, 0.3) is 0 Å². The second-order valence-electron chi connectivity index (χ2n) is 8.87. The van der Waals surface area contributed by atoms with Crippen LogP contribution in [0.2, 0.25) is 0 Å². The van der Waals surface area contributed by atoms with Crippen molar-refractivity contribution in [3.05, 3.63) is 59.7 Å². The Kier molecular flexibility index (Phi) is 7.13. The third-order valence-corrected chi connectivity index (χ3v) is 6.87. The third kappa shape index (κ3) is 5.40. The predicted molar refractivity (Wildman–Crippen MR) is 126 cm³/mol. The molecule has 0 aromatic heterocycles. The van der Waals surface area contributed by atoms with E-state index < -0.39 is 0 Å². The van der Waals surface area contributed by atoms with Gasteiger partial charge in [-0.1, -0.05) is 24.3 Å². The molecular weight excluding hydrogens is 386 g/mol. The highest BCUT2D eigenvalue weighted by Gasteiger charge is 2.25. The highest BCUT2D eigenvalue weighted by molar-refractivity contribution is 5.77. The highest BCUT2D eigenvalue weighted by Crippen LogP contribution is 2.35. The Balaban J connectivity index is 1.23. The van der Waals surface area contributed by atoms with Gasteiger partial charge in [0.15, 0.2) is 0 Å². The molecule has 166 valence electrons. The molecule has 1 fully saturated rings. The van der Waals surface area contributed by atoms with E-state index in [1.807, 2.05) is 6.07 Å². The molecule has 1 saturated heterocycles. The number of benzene rings is 2. The number of ether oxygens (including phenoxy) is 1. The van der Waals surface area contributed by atoms with Crippen molar-refractivity contribution in [3.63, 3.8) is 0 Å². The Labute approximate surface area is 186 Å². The zero-order chi connectivity index (χ0) is 21.6. The lowest BCUT2D eigenvalue weighted by molar-refractivity contribution is -0.121. The van der Waals surface area contributed by atoms with Gasteiger partial charge in [-0.3, -0.25) is 9.69 Å². The molecule has 2 aromatic carbocycles. The highest BCUT2D eigenvalue weighted by atomic mass is 16.5. The number of carbonyl (C=O) groups excluding carboxylic acids is 1. The zero-order valence-electron chi connectivity index (χ0n) is 18.8. The molecule has 1 N–H and O–H groups in total. The first-order valence-corrected chi connectivity index (χ1v) is 11.6. The molecule has 1 aliphatic heterocycles. The lowest BCUT2D eigenvalue weighted by Crippen LogP contribution is -2.52. The average molecular weight is 422 g/mol. The molecule has 1 heterocycles. The van der Waals surface area contributed by atoms with Crippen molar-refractivity contribution in [2.45, 2.75) is 44.6 Å². The molecule has 2 unspecified atom stereocenters. The number of fused-ring (bicyclic) bond motifs is 1. The van der Waals surface area contributed by atoms with Crippen LogP contribution in [0.25, 0.3) is 0 Å². The maximum atomic E-state index is 12.7. The number of piperazine rings is 1. The first kappa shape index (κ1) is 21.7. The lowest BCUT2D eigenvalue weighted by Gasteiger charge is -2.39. The van der Waals surface area contributed by atoms with E-state index >= 15 is 0 Å². The molecule has 1 aliphatic carbocycles. The van der Waals surface area contributed by atoms with Crippen LogP contribution in [0.4, 0.5) is 5.69 Å². The minimum absolute atomic E-state index is 0.170. The Morgan fingerprint density at radius 1 is 1.13 bits per heavy atom. The van der Waals surface area contributed by atoms with Crippen LogP contribution in [0, 0.1) is 0 Å². The van der Waals surface area contributed by atoms with E-state index in [0.29, 0.717) is 24.9 Å². The van der Waals surface area contributed by atoms with E-state index in [0.717, 1.165) is 51.2 Å². The molecule has 0 saturated carbocycles. The van der Waals surface area contributed by atoms with E-state index in [-0.39, 0.29) is 5.91 Å². The molecule has 0 spiro atoms. The standard InChI is InChI=1S/C26H35N3O2/c1-20(28-13-15-29(16-14-28)23-9-4-3-5-10-23)19-27-26(30)18-22-8-6-7-21-17-24(31-2)11-12-25(21)22/h3-5,9-12,17,20,22H,6-8,13-16,18-19H2,1-2H3,(H,27,30). The van der Waals surface area contributed by atoms with Gasteiger partial charge in [-0.05, 0) is 67.5 Å². The van der Waals surface area contributed by atoms with Crippen LogP contribution in [0.15, 0.2) is 48.5 Å². The largest absolute Gasteiger partial charge is 0.497 e. The summed E-state index contributed by atoms with van der Waals surface area (Å²) in [6, 6.07) is 17.3. The van der Waals surface area contributed by atoms with Crippen LogP contribution in [-0.2, 0) is 11.2 Å². The van der Waals surface area contributed by atoms with E-state index in [4.69, 9.17) is 4.74 Å². The number of nitrogens with one attached hydrogen (secondary N) is 1. The second kappa shape index (κ2) is 10.2. The molecule has 31 heavy (non-hydrogen) atoms. The number of hydrogen-bond acceptors (Lipinski definition) is 4. The van der Waals surface area contributed by atoms with Crippen molar-refractivity contribution >= 4 is 11.6 Å². The van der Waals surface area contributed by atoms with Gasteiger partial charge in [0.05, 0.1) is 7.11 Å². The van der Waals surface area contributed by atoms with Crippen LogP contribution in [-0.4, -0.2) is 56.7 Å². The normalized spacial score (nSPS) is 20.1. The second-order valence-corrected chi connectivity index (χ2v) is 8.87. The van der Waals surface area contributed by atoms with Gasteiger partial charge in [0, 0.05) is 50.9 Å². The first-order chi connectivity index (χ1) is 15.1. The molecule has 2 atom stereocenters. The molecule has 2 aliphatic rings. The van der Waals surface area contributed by atoms with Gasteiger partial charge in [0.1, 0.15) is 5.75 Å². The summed E-state index contributed by atoms with van der Waals surface area (Å²) >= 11 is 0. The number of para-hydroxylation sites is 1. The summed E-state index contributed by atoms with van der Waals surface area (Å²) < 4.78 is 5.36. The third-order valence-electron chi connectivity index (χ3n) is 6.87.